The minimum Gasteiger partial charge on any atom is -0.324 e. The first kappa shape index (κ1) is 11.6. The van der Waals surface area contributed by atoms with Crippen molar-refractivity contribution in [3.05, 3.63) is 35.1 Å². The molecule has 0 saturated heterocycles. The standard InChI is InChI=1S/C14H20FN/c1-9-3-5-11(7-9)14(16)12-6-4-10(2)13(15)8-12/h4,6,8-9,11,14H,3,5,7,16H2,1-2H3. The Hall–Kier alpha value is -0.890. The van der Waals surface area contributed by atoms with E-state index in [0.717, 1.165) is 11.5 Å². The molecule has 2 heteroatoms. The van der Waals surface area contributed by atoms with Gasteiger partial charge in [-0.2, -0.15) is 0 Å². The molecule has 0 radical (unpaired) electrons. The molecule has 1 aromatic rings. The average Bonchev–Trinajstić information content (AvgIpc) is 2.68. The van der Waals surface area contributed by atoms with Crippen molar-refractivity contribution in [1.82, 2.24) is 0 Å². The largest absolute Gasteiger partial charge is 0.324 e. The summed E-state index contributed by atoms with van der Waals surface area (Å²) in [6.45, 7) is 4.05. The van der Waals surface area contributed by atoms with Crippen LogP contribution in [0.5, 0.6) is 0 Å². The van der Waals surface area contributed by atoms with Gasteiger partial charge in [0.2, 0.25) is 0 Å². The van der Waals surface area contributed by atoms with Gasteiger partial charge < -0.3 is 5.73 Å². The third-order valence-corrected chi connectivity index (χ3v) is 3.82. The van der Waals surface area contributed by atoms with Gasteiger partial charge in [0.25, 0.3) is 0 Å². The highest BCUT2D eigenvalue weighted by molar-refractivity contribution is 5.26. The lowest BCUT2D eigenvalue weighted by Crippen LogP contribution is -2.19. The van der Waals surface area contributed by atoms with Gasteiger partial charge in [0.05, 0.1) is 0 Å². The molecule has 88 valence electrons. The van der Waals surface area contributed by atoms with Crippen LogP contribution in [0, 0.1) is 24.6 Å². The second-order valence-electron chi connectivity index (χ2n) is 5.21. The van der Waals surface area contributed by atoms with E-state index in [-0.39, 0.29) is 11.9 Å². The van der Waals surface area contributed by atoms with Crippen molar-refractivity contribution >= 4 is 0 Å². The fourth-order valence-electron chi connectivity index (χ4n) is 2.67. The Bertz CT molecular complexity index is 375. The summed E-state index contributed by atoms with van der Waals surface area (Å²) < 4.78 is 13.4. The van der Waals surface area contributed by atoms with E-state index in [9.17, 15) is 4.39 Å². The van der Waals surface area contributed by atoms with Crippen molar-refractivity contribution in [2.24, 2.45) is 17.6 Å². The lowest BCUT2D eigenvalue weighted by molar-refractivity contribution is 0.427. The number of nitrogens with two attached hydrogens (primary N) is 1. The first-order valence-corrected chi connectivity index (χ1v) is 6.09. The summed E-state index contributed by atoms with van der Waals surface area (Å²) >= 11 is 0. The predicted molar refractivity (Wildman–Crippen MR) is 64.6 cm³/mol. The smallest absolute Gasteiger partial charge is 0.126 e. The fourth-order valence-corrected chi connectivity index (χ4v) is 2.67. The summed E-state index contributed by atoms with van der Waals surface area (Å²) in [5.41, 5.74) is 7.85. The van der Waals surface area contributed by atoms with E-state index in [1.165, 1.54) is 19.3 Å². The molecule has 0 aromatic heterocycles. The van der Waals surface area contributed by atoms with Crippen molar-refractivity contribution in [3.8, 4) is 0 Å². The first-order valence-electron chi connectivity index (χ1n) is 6.09. The zero-order chi connectivity index (χ0) is 11.7. The highest BCUT2D eigenvalue weighted by Gasteiger charge is 2.27. The zero-order valence-corrected chi connectivity index (χ0v) is 10.0. The van der Waals surface area contributed by atoms with Crippen molar-refractivity contribution < 1.29 is 4.39 Å². The third-order valence-electron chi connectivity index (χ3n) is 3.82. The average molecular weight is 221 g/mol. The van der Waals surface area contributed by atoms with E-state index in [4.69, 9.17) is 5.73 Å². The molecule has 16 heavy (non-hydrogen) atoms. The molecular formula is C14H20FN. The molecule has 0 aliphatic heterocycles. The first-order chi connectivity index (χ1) is 7.58. The Kier molecular flexibility index (Phi) is 3.29. The molecule has 1 fully saturated rings. The third kappa shape index (κ3) is 2.27. The highest BCUT2D eigenvalue weighted by atomic mass is 19.1. The van der Waals surface area contributed by atoms with E-state index < -0.39 is 0 Å². The molecule has 0 spiro atoms. The normalized spacial score (nSPS) is 27.0. The van der Waals surface area contributed by atoms with E-state index >= 15 is 0 Å². The molecular weight excluding hydrogens is 201 g/mol. The van der Waals surface area contributed by atoms with Crippen LogP contribution in [-0.4, -0.2) is 0 Å². The number of benzene rings is 1. The molecule has 0 amide bonds. The van der Waals surface area contributed by atoms with Gasteiger partial charge in [0, 0.05) is 6.04 Å². The van der Waals surface area contributed by atoms with Crippen molar-refractivity contribution in [2.45, 2.75) is 39.2 Å². The van der Waals surface area contributed by atoms with Crippen molar-refractivity contribution in [1.29, 1.82) is 0 Å². The second kappa shape index (κ2) is 4.54. The molecule has 1 nitrogen and oxygen atoms in total. The van der Waals surface area contributed by atoms with Crippen LogP contribution >= 0.6 is 0 Å². The molecule has 3 unspecified atom stereocenters. The van der Waals surface area contributed by atoms with Crippen molar-refractivity contribution in [2.75, 3.05) is 0 Å². The van der Waals surface area contributed by atoms with E-state index in [0.29, 0.717) is 11.5 Å². The fraction of sp³-hybridized carbons (Fsp3) is 0.571. The summed E-state index contributed by atoms with van der Waals surface area (Å²) in [6, 6.07) is 5.39. The number of halogens is 1. The summed E-state index contributed by atoms with van der Waals surface area (Å²) in [6.07, 6.45) is 3.61. The Morgan fingerprint density at radius 2 is 2.12 bits per heavy atom. The summed E-state index contributed by atoms with van der Waals surface area (Å²) in [5.74, 6) is 1.16. The number of hydrogen-bond acceptors (Lipinski definition) is 1. The van der Waals surface area contributed by atoms with Gasteiger partial charge in [-0.3, -0.25) is 0 Å². The molecule has 2 N–H and O–H groups in total. The predicted octanol–water partition coefficient (Wildman–Crippen LogP) is 3.57. The van der Waals surface area contributed by atoms with Crippen LogP contribution in [0.25, 0.3) is 0 Å². The molecule has 2 rings (SSSR count). The molecule has 1 aliphatic rings. The summed E-state index contributed by atoms with van der Waals surface area (Å²) in [4.78, 5) is 0. The van der Waals surface area contributed by atoms with Gasteiger partial charge in [0.15, 0.2) is 0 Å². The monoisotopic (exact) mass is 221 g/mol. The van der Waals surface area contributed by atoms with Gasteiger partial charge in [0.1, 0.15) is 5.82 Å². The molecule has 3 atom stereocenters. The van der Waals surface area contributed by atoms with E-state index in [2.05, 4.69) is 6.92 Å². The molecule has 0 heterocycles. The topological polar surface area (TPSA) is 26.0 Å². The summed E-state index contributed by atoms with van der Waals surface area (Å²) in [5, 5.41) is 0. The van der Waals surface area contributed by atoms with Gasteiger partial charge in [-0.05, 0) is 48.8 Å². The lowest BCUT2D eigenvalue weighted by atomic mass is 9.91. The lowest BCUT2D eigenvalue weighted by Gasteiger charge is -2.20. The van der Waals surface area contributed by atoms with Crippen LogP contribution in [-0.2, 0) is 0 Å². The number of aryl methyl sites for hydroxylation is 1. The molecule has 0 bridgehead atoms. The number of rotatable bonds is 2. The SMILES string of the molecule is Cc1ccc(C(N)C2CCC(C)C2)cc1F. The maximum atomic E-state index is 13.4. The van der Waals surface area contributed by atoms with Crippen LogP contribution in [0.15, 0.2) is 18.2 Å². The van der Waals surface area contributed by atoms with E-state index in [1.807, 2.05) is 12.1 Å². The zero-order valence-electron chi connectivity index (χ0n) is 10.0. The Morgan fingerprint density at radius 3 is 2.69 bits per heavy atom. The molecule has 1 aliphatic carbocycles. The van der Waals surface area contributed by atoms with Crippen LogP contribution < -0.4 is 5.73 Å². The Labute approximate surface area is 96.9 Å². The van der Waals surface area contributed by atoms with Crippen LogP contribution in [0.4, 0.5) is 4.39 Å². The van der Waals surface area contributed by atoms with Gasteiger partial charge in [-0.25, -0.2) is 4.39 Å². The minimum absolute atomic E-state index is 0.0000463. The van der Waals surface area contributed by atoms with Crippen molar-refractivity contribution in [3.63, 3.8) is 0 Å². The second-order valence-corrected chi connectivity index (χ2v) is 5.21. The Balaban J connectivity index is 2.14. The highest BCUT2D eigenvalue weighted by Crippen LogP contribution is 2.37. The maximum absolute atomic E-state index is 13.4. The molecule has 1 aromatic carbocycles. The van der Waals surface area contributed by atoms with Gasteiger partial charge in [-0.1, -0.05) is 25.5 Å². The minimum atomic E-state index is -0.140. The Morgan fingerprint density at radius 1 is 1.38 bits per heavy atom. The van der Waals surface area contributed by atoms with Crippen LogP contribution in [0.1, 0.15) is 43.4 Å². The van der Waals surface area contributed by atoms with Crippen LogP contribution in [0.2, 0.25) is 0 Å². The quantitative estimate of drug-likeness (QED) is 0.811. The summed E-state index contributed by atoms with van der Waals surface area (Å²) in [7, 11) is 0. The number of hydrogen-bond donors (Lipinski definition) is 1. The van der Waals surface area contributed by atoms with Gasteiger partial charge in [-0.15, -0.1) is 0 Å². The van der Waals surface area contributed by atoms with E-state index in [1.54, 1.807) is 13.0 Å². The maximum Gasteiger partial charge on any atom is 0.126 e. The van der Waals surface area contributed by atoms with Gasteiger partial charge >= 0.3 is 0 Å². The molecule has 1 saturated carbocycles. The van der Waals surface area contributed by atoms with Crippen LogP contribution in [0.3, 0.4) is 0 Å².